The Hall–Kier alpha value is -1.44. The number of hydrogen-bond donors (Lipinski definition) is 0. The first-order valence-electron chi connectivity index (χ1n) is 7.85. The molecule has 7 heteroatoms. The van der Waals surface area contributed by atoms with Gasteiger partial charge in [-0.25, -0.2) is 8.42 Å². The van der Waals surface area contributed by atoms with Gasteiger partial charge >= 0.3 is 0 Å². The van der Waals surface area contributed by atoms with Gasteiger partial charge in [0.2, 0.25) is 15.9 Å². The molecule has 0 spiro atoms. The molecule has 1 fully saturated rings. The standard InChI is InChI=1S/C16H22N2O4S/c1-11-9-17(10-12(2)22-11)23(20,21)15-5-4-14-6-7-18(13(3)19)16(14)8-15/h4-5,8,11-12H,6-7,9-10H2,1-3H3/t11-,12+. The first-order valence-corrected chi connectivity index (χ1v) is 9.29. The Bertz CT molecular complexity index is 722. The predicted molar refractivity (Wildman–Crippen MR) is 86.9 cm³/mol. The quantitative estimate of drug-likeness (QED) is 0.817. The molecule has 0 aromatic heterocycles. The molecule has 1 saturated heterocycles. The Labute approximate surface area is 137 Å². The Kier molecular flexibility index (Phi) is 4.20. The van der Waals surface area contributed by atoms with Crippen molar-refractivity contribution in [2.24, 2.45) is 0 Å². The number of ether oxygens (including phenoxy) is 1. The summed E-state index contributed by atoms with van der Waals surface area (Å²) in [6.07, 6.45) is 0.509. The van der Waals surface area contributed by atoms with E-state index in [0.717, 1.165) is 12.0 Å². The molecule has 23 heavy (non-hydrogen) atoms. The minimum atomic E-state index is -3.58. The molecule has 2 aliphatic rings. The number of morpholine rings is 1. The third-order valence-electron chi connectivity index (χ3n) is 4.36. The van der Waals surface area contributed by atoms with Crippen LogP contribution >= 0.6 is 0 Å². The molecule has 0 bridgehead atoms. The summed E-state index contributed by atoms with van der Waals surface area (Å²) in [5.74, 6) is -0.0630. The van der Waals surface area contributed by atoms with E-state index in [2.05, 4.69) is 0 Å². The molecule has 0 saturated carbocycles. The Morgan fingerprint density at radius 1 is 1.22 bits per heavy atom. The Morgan fingerprint density at radius 3 is 2.48 bits per heavy atom. The smallest absolute Gasteiger partial charge is 0.243 e. The molecule has 3 rings (SSSR count). The van der Waals surface area contributed by atoms with E-state index in [4.69, 9.17) is 4.74 Å². The summed E-state index contributed by atoms with van der Waals surface area (Å²) in [5, 5.41) is 0. The monoisotopic (exact) mass is 338 g/mol. The lowest BCUT2D eigenvalue weighted by Gasteiger charge is -2.34. The highest BCUT2D eigenvalue weighted by molar-refractivity contribution is 7.89. The maximum Gasteiger partial charge on any atom is 0.243 e. The van der Waals surface area contributed by atoms with Gasteiger partial charge in [-0.15, -0.1) is 0 Å². The van der Waals surface area contributed by atoms with Gasteiger partial charge in [-0.05, 0) is 38.0 Å². The van der Waals surface area contributed by atoms with Crippen molar-refractivity contribution in [3.8, 4) is 0 Å². The van der Waals surface area contributed by atoms with E-state index in [1.807, 2.05) is 19.9 Å². The van der Waals surface area contributed by atoms with Crippen molar-refractivity contribution in [1.82, 2.24) is 4.31 Å². The van der Waals surface area contributed by atoms with Crippen molar-refractivity contribution >= 4 is 21.6 Å². The van der Waals surface area contributed by atoms with Crippen LogP contribution in [-0.4, -0.2) is 50.5 Å². The SMILES string of the molecule is CC(=O)N1CCc2ccc(S(=O)(=O)N3C[C@@H](C)O[C@@H](C)C3)cc21. The van der Waals surface area contributed by atoms with Crippen molar-refractivity contribution in [1.29, 1.82) is 0 Å². The summed E-state index contributed by atoms with van der Waals surface area (Å²) in [4.78, 5) is 13.6. The van der Waals surface area contributed by atoms with E-state index < -0.39 is 10.0 Å². The summed E-state index contributed by atoms with van der Waals surface area (Å²) in [7, 11) is -3.58. The van der Waals surface area contributed by atoms with E-state index in [1.165, 1.54) is 11.2 Å². The van der Waals surface area contributed by atoms with Crippen LogP contribution in [0.15, 0.2) is 23.1 Å². The van der Waals surface area contributed by atoms with Gasteiger partial charge in [0.1, 0.15) is 0 Å². The summed E-state index contributed by atoms with van der Waals surface area (Å²) in [6, 6.07) is 5.09. The minimum absolute atomic E-state index is 0.0630. The lowest BCUT2D eigenvalue weighted by molar-refractivity contribution is -0.116. The van der Waals surface area contributed by atoms with Gasteiger partial charge in [0.15, 0.2) is 0 Å². The van der Waals surface area contributed by atoms with Crippen LogP contribution in [0.1, 0.15) is 26.3 Å². The van der Waals surface area contributed by atoms with E-state index in [-0.39, 0.29) is 23.0 Å². The highest BCUT2D eigenvalue weighted by Gasteiger charge is 2.33. The van der Waals surface area contributed by atoms with Gasteiger partial charge < -0.3 is 9.64 Å². The number of carbonyl (C=O) groups is 1. The molecule has 0 radical (unpaired) electrons. The fourth-order valence-corrected chi connectivity index (χ4v) is 4.93. The molecular weight excluding hydrogens is 316 g/mol. The van der Waals surface area contributed by atoms with Gasteiger partial charge in [-0.2, -0.15) is 4.31 Å². The number of carbonyl (C=O) groups excluding carboxylic acids is 1. The second kappa shape index (κ2) is 5.89. The molecule has 0 N–H and O–H groups in total. The number of anilines is 1. The number of nitrogens with zero attached hydrogens (tertiary/aromatic N) is 2. The lowest BCUT2D eigenvalue weighted by Crippen LogP contribution is -2.48. The molecule has 126 valence electrons. The zero-order valence-electron chi connectivity index (χ0n) is 13.7. The van der Waals surface area contributed by atoms with E-state index in [1.54, 1.807) is 17.0 Å². The van der Waals surface area contributed by atoms with Crippen LogP contribution in [0.2, 0.25) is 0 Å². The summed E-state index contributed by atoms with van der Waals surface area (Å²) >= 11 is 0. The molecular formula is C16H22N2O4S. The minimum Gasteiger partial charge on any atom is -0.373 e. The van der Waals surface area contributed by atoms with Crippen molar-refractivity contribution in [3.63, 3.8) is 0 Å². The predicted octanol–water partition coefficient (Wildman–Crippen LogP) is 1.39. The number of amides is 1. The number of sulfonamides is 1. The molecule has 1 amide bonds. The number of benzene rings is 1. The number of hydrogen-bond acceptors (Lipinski definition) is 4. The van der Waals surface area contributed by atoms with Crippen molar-refractivity contribution < 1.29 is 17.9 Å². The maximum absolute atomic E-state index is 12.9. The zero-order valence-corrected chi connectivity index (χ0v) is 14.5. The lowest BCUT2D eigenvalue weighted by atomic mass is 10.2. The highest BCUT2D eigenvalue weighted by atomic mass is 32.2. The van der Waals surface area contributed by atoms with E-state index in [9.17, 15) is 13.2 Å². The zero-order chi connectivity index (χ0) is 16.8. The molecule has 2 heterocycles. The summed E-state index contributed by atoms with van der Waals surface area (Å²) in [6.45, 7) is 6.55. The van der Waals surface area contributed by atoms with E-state index >= 15 is 0 Å². The average Bonchev–Trinajstić information content (AvgIpc) is 2.89. The molecule has 1 aromatic carbocycles. The third-order valence-corrected chi connectivity index (χ3v) is 6.18. The fraction of sp³-hybridized carbons (Fsp3) is 0.562. The fourth-order valence-electron chi connectivity index (χ4n) is 3.32. The second-order valence-electron chi connectivity index (χ2n) is 6.29. The molecule has 0 aliphatic carbocycles. The van der Waals surface area contributed by atoms with Crippen molar-refractivity contribution in [2.75, 3.05) is 24.5 Å². The largest absolute Gasteiger partial charge is 0.373 e. The Balaban J connectivity index is 1.95. The summed E-state index contributed by atoms with van der Waals surface area (Å²) in [5.41, 5.74) is 1.73. The maximum atomic E-state index is 12.9. The van der Waals surface area contributed by atoms with Gasteiger partial charge in [-0.1, -0.05) is 6.07 Å². The first-order chi connectivity index (χ1) is 10.8. The molecule has 0 unspecified atom stereocenters. The van der Waals surface area contributed by atoms with Crippen LogP contribution in [-0.2, 0) is 26.0 Å². The first kappa shape index (κ1) is 16.4. The van der Waals surface area contributed by atoms with Crippen molar-refractivity contribution in [2.45, 2.75) is 44.3 Å². The molecule has 2 aliphatic heterocycles. The van der Waals surface area contributed by atoms with Gasteiger partial charge in [0.25, 0.3) is 0 Å². The molecule has 6 nitrogen and oxygen atoms in total. The Morgan fingerprint density at radius 2 is 1.87 bits per heavy atom. The average molecular weight is 338 g/mol. The van der Waals surface area contributed by atoms with Crippen LogP contribution in [0.5, 0.6) is 0 Å². The molecule has 2 atom stereocenters. The van der Waals surface area contributed by atoms with Crippen molar-refractivity contribution in [3.05, 3.63) is 23.8 Å². The molecule has 1 aromatic rings. The van der Waals surface area contributed by atoms with Gasteiger partial charge in [0, 0.05) is 32.2 Å². The van der Waals surface area contributed by atoms with Gasteiger partial charge in [0.05, 0.1) is 17.1 Å². The van der Waals surface area contributed by atoms with Crippen LogP contribution in [0, 0.1) is 0 Å². The highest BCUT2D eigenvalue weighted by Crippen LogP contribution is 2.32. The topological polar surface area (TPSA) is 66.9 Å². The normalized spacial score (nSPS) is 25.4. The third kappa shape index (κ3) is 3.00. The number of rotatable bonds is 2. The number of fused-ring (bicyclic) bond motifs is 1. The van der Waals surface area contributed by atoms with Crippen LogP contribution in [0.25, 0.3) is 0 Å². The van der Waals surface area contributed by atoms with Crippen LogP contribution in [0.3, 0.4) is 0 Å². The second-order valence-corrected chi connectivity index (χ2v) is 8.23. The van der Waals surface area contributed by atoms with Crippen LogP contribution in [0.4, 0.5) is 5.69 Å². The van der Waals surface area contributed by atoms with E-state index in [0.29, 0.717) is 25.3 Å². The summed E-state index contributed by atoms with van der Waals surface area (Å²) < 4.78 is 32.9. The van der Waals surface area contributed by atoms with Gasteiger partial charge in [-0.3, -0.25) is 4.79 Å². The van der Waals surface area contributed by atoms with Crippen LogP contribution < -0.4 is 4.90 Å².